The van der Waals surface area contributed by atoms with E-state index in [-0.39, 0.29) is 12.1 Å². The van der Waals surface area contributed by atoms with Crippen LogP contribution in [0.4, 0.5) is 0 Å². The molecule has 0 heterocycles. The fourth-order valence-corrected chi connectivity index (χ4v) is 2.81. The molecule has 0 spiro atoms. The Morgan fingerprint density at radius 2 is 1.38 bits per heavy atom. The third-order valence-electron chi connectivity index (χ3n) is 4.36. The molecule has 0 aromatic heterocycles. The van der Waals surface area contributed by atoms with Crippen molar-refractivity contribution in [3.63, 3.8) is 0 Å². The first kappa shape index (κ1) is 23.2. The van der Waals surface area contributed by atoms with Gasteiger partial charge in [0, 0.05) is 6.08 Å². The molecule has 0 radical (unpaired) electrons. The first-order valence-corrected chi connectivity index (χ1v) is 10.1. The Labute approximate surface area is 150 Å². The smallest absolute Gasteiger partial charge is 0.330 e. The number of hydrogen-bond donors (Lipinski definition) is 0. The van der Waals surface area contributed by atoms with Gasteiger partial charge in [0.25, 0.3) is 0 Å². The molecule has 0 bridgehead atoms. The summed E-state index contributed by atoms with van der Waals surface area (Å²) >= 11 is 0. The molecule has 0 fully saturated rings. The van der Waals surface area contributed by atoms with Crippen molar-refractivity contribution in [2.75, 3.05) is 13.2 Å². The van der Waals surface area contributed by atoms with Crippen LogP contribution in [0, 0.1) is 0 Å². The average molecular weight is 341 g/mol. The summed E-state index contributed by atoms with van der Waals surface area (Å²) in [6, 6.07) is 0. The Morgan fingerprint density at radius 3 is 1.88 bits per heavy atom. The van der Waals surface area contributed by atoms with Gasteiger partial charge in [-0.1, -0.05) is 90.6 Å². The van der Waals surface area contributed by atoms with Gasteiger partial charge in [-0.15, -0.1) is 0 Å². The predicted molar refractivity (Wildman–Crippen MR) is 102 cm³/mol. The third kappa shape index (κ3) is 17.5. The van der Waals surface area contributed by atoms with Crippen LogP contribution in [0.5, 0.6) is 0 Å². The molecule has 0 aliphatic heterocycles. The second-order valence-corrected chi connectivity index (χ2v) is 6.73. The van der Waals surface area contributed by atoms with Crippen LogP contribution in [-0.2, 0) is 14.3 Å². The van der Waals surface area contributed by atoms with E-state index in [9.17, 15) is 4.79 Å². The van der Waals surface area contributed by atoms with E-state index in [1.54, 1.807) is 0 Å². The highest BCUT2D eigenvalue weighted by Gasteiger charge is 2.03. The number of carbonyl (C=O) groups is 1. The van der Waals surface area contributed by atoms with E-state index in [1.165, 1.54) is 83.1 Å². The number of ether oxygens (including phenoxy) is 2. The Kier molecular flexibility index (Phi) is 17.9. The van der Waals surface area contributed by atoms with Crippen LogP contribution in [0.1, 0.15) is 97.3 Å². The minimum Gasteiger partial charge on any atom is -0.460 e. The Hall–Kier alpha value is -0.830. The summed E-state index contributed by atoms with van der Waals surface area (Å²) < 4.78 is 10.5. The highest BCUT2D eigenvalue weighted by molar-refractivity contribution is 5.81. The molecule has 3 nitrogen and oxygen atoms in total. The maximum absolute atomic E-state index is 10.9. The molecule has 0 aliphatic carbocycles. The molecule has 0 aliphatic rings. The largest absolute Gasteiger partial charge is 0.460 e. The monoisotopic (exact) mass is 340 g/mol. The maximum Gasteiger partial charge on any atom is 0.330 e. The predicted octanol–water partition coefficient (Wildman–Crippen LogP) is 6.21. The van der Waals surface area contributed by atoms with Crippen LogP contribution >= 0.6 is 0 Å². The first-order valence-electron chi connectivity index (χ1n) is 10.1. The Morgan fingerprint density at radius 1 is 0.875 bits per heavy atom. The number of carbonyl (C=O) groups excluding carboxylic acids is 1. The molecule has 0 rings (SSSR count). The average Bonchev–Trinajstić information content (AvgIpc) is 2.59. The van der Waals surface area contributed by atoms with Crippen molar-refractivity contribution in [2.45, 2.75) is 103 Å². The number of unbranched alkanes of at least 4 members (excludes halogenated alkanes) is 11. The van der Waals surface area contributed by atoms with E-state index in [0.29, 0.717) is 13.2 Å². The van der Waals surface area contributed by atoms with E-state index in [2.05, 4.69) is 20.4 Å². The Bertz CT molecular complexity index is 289. The van der Waals surface area contributed by atoms with Crippen molar-refractivity contribution in [1.82, 2.24) is 0 Å². The van der Waals surface area contributed by atoms with Crippen molar-refractivity contribution in [1.29, 1.82) is 0 Å². The molecular formula is C21H40O3. The fourth-order valence-electron chi connectivity index (χ4n) is 2.81. The maximum atomic E-state index is 10.9. The van der Waals surface area contributed by atoms with Gasteiger partial charge in [-0.25, -0.2) is 4.79 Å². The molecule has 0 aromatic carbocycles. The van der Waals surface area contributed by atoms with Crippen molar-refractivity contribution >= 4 is 5.97 Å². The molecular weight excluding hydrogens is 300 g/mol. The molecule has 0 N–H and O–H groups in total. The van der Waals surface area contributed by atoms with Crippen LogP contribution in [-0.4, -0.2) is 25.3 Å². The number of rotatable bonds is 18. The highest BCUT2D eigenvalue weighted by atomic mass is 16.6. The summed E-state index contributed by atoms with van der Waals surface area (Å²) in [5, 5.41) is 0. The van der Waals surface area contributed by atoms with Gasteiger partial charge in [-0.3, -0.25) is 0 Å². The summed E-state index contributed by atoms with van der Waals surface area (Å²) in [7, 11) is 0. The summed E-state index contributed by atoms with van der Waals surface area (Å²) in [6.07, 6.45) is 19.0. The number of hydrogen-bond acceptors (Lipinski definition) is 3. The van der Waals surface area contributed by atoms with Gasteiger partial charge in [0.1, 0.15) is 6.61 Å². The molecule has 1 atom stereocenters. The van der Waals surface area contributed by atoms with Crippen molar-refractivity contribution in [3.05, 3.63) is 12.7 Å². The molecule has 0 saturated carbocycles. The lowest BCUT2D eigenvalue weighted by Gasteiger charge is -2.12. The van der Waals surface area contributed by atoms with Gasteiger partial charge in [0.05, 0.1) is 12.7 Å². The van der Waals surface area contributed by atoms with Gasteiger partial charge in [0.2, 0.25) is 0 Å². The third-order valence-corrected chi connectivity index (χ3v) is 4.36. The minimum atomic E-state index is -0.382. The molecule has 142 valence electrons. The summed E-state index contributed by atoms with van der Waals surface area (Å²) in [4.78, 5) is 10.9. The minimum absolute atomic E-state index is 0.246. The normalized spacial score (nSPS) is 12.1. The summed E-state index contributed by atoms with van der Waals surface area (Å²) in [5.74, 6) is -0.382. The fraction of sp³-hybridized carbons (Fsp3) is 0.857. The van der Waals surface area contributed by atoms with E-state index in [4.69, 9.17) is 9.47 Å². The highest BCUT2D eigenvalue weighted by Crippen LogP contribution is 2.13. The summed E-state index contributed by atoms with van der Waals surface area (Å²) in [5.41, 5.74) is 0. The molecule has 0 amide bonds. The lowest BCUT2D eigenvalue weighted by atomic mass is 10.0. The topological polar surface area (TPSA) is 35.5 Å². The van der Waals surface area contributed by atoms with Crippen LogP contribution in [0.25, 0.3) is 0 Å². The molecule has 24 heavy (non-hydrogen) atoms. The zero-order chi connectivity index (χ0) is 17.9. The molecule has 1 unspecified atom stereocenters. The SMILES string of the molecule is C=CC(=O)OCCOC(C)CCCCCCCCCCCCCC. The van der Waals surface area contributed by atoms with Crippen molar-refractivity contribution in [3.8, 4) is 0 Å². The van der Waals surface area contributed by atoms with E-state index in [1.807, 2.05) is 0 Å². The Balaban J connectivity index is 3.17. The second kappa shape index (κ2) is 18.5. The van der Waals surface area contributed by atoms with Gasteiger partial charge in [0.15, 0.2) is 0 Å². The lowest BCUT2D eigenvalue weighted by Crippen LogP contribution is -2.14. The molecule has 0 aromatic rings. The standard InChI is InChI=1S/C21H40O3/c1-4-6-7-8-9-10-11-12-13-14-15-16-17-20(3)23-18-19-24-21(22)5-2/h5,20H,2,4,6-19H2,1,3H3. The van der Waals surface area contributed by atoms with E-state index < -0.39 is 0 Å². The van der Waals surface area contributed by atoms with E-state index in [0.717, 1.165) is 6.42 Å². The van der Waals surface area contributed by atoms with Crippen LogP contribution < -0.4 is 0 Å². The van der Waals surface area contributed by atoms with Gasteiger partial charge in [-0.05, 0) is 13.3 Å². The van der Waals surface area contributed by atoms with Gasteiger partial charge >= 0.3 is 5.97 Å². The van der Waals surface area contributed by atoms with Crippen LogP contribution in [0.3, 0.4) is 0 Å². The quantitative estimate of drug-likeness (QED) is 0.169. The molecule has 0 saturated heterocycles. The molecule has 3 heteroatoms. The van der Waals surface area contributed by atoms with E-state index >= 15 is 0 Å². The number of esters is 1. The second-order valence-electron chi connectivity index (χ2n) is 6.73. The van der Waals surface area contributed by atoms with Gasteiger partial charge in [-0.2, -0.15) is 0 Å². The van der Waals surface area contributed by atoms with Gasteiger partial charge < -0.3 is 9.47 Å². The van der Waals surface area contributed by atoms with Crippen molar-refractivity contribution in [2.24, 2.45) is 0 Å². The zero-order valence-electron chi connectivity index (χ0n) is 16.2. The lowest BCUT2D eigenvalue weighted by molar-refractivity contribution is -0.139. The summed E-state index contributed by atoms with van der Waals surface area (Å²) in [6.45, 7) is 8.50. The van der Waals surface area contributed by atoms with Crippen molar-refractivity contribution < 1.29 is 14.3 Å². The van der Waals surface area contributed by atoms with Crippen LogP contribution in [0.2, 0.25) is 0 Å². The zero-order valence-corrected chi connectivity index (χ0v) is 16.2. The first-order chi connectivity index (χ1) is 11.7. The van der Waals surface area contributed by atoms with Crippen LogP contribution in [0.15, 0.2) is 12.7 Å².